The molecule has 7 heteroatoms. The number of carbonyl (C=O) groups is 1. The van der Waals surface area contributed by atoms with Gasteiger partial charge in [0, 0.05) is 24.8 Å². The molecule has 0 saturated heterocycles. The van der Waals surface area contributed by atoms with E-state index in [0.29, 0.717) is 11.3 Å². The molecular formula is C20H22F3N3O. The minimum atomic E-state index is -4.49. The number of anilines is 1. The van der Waals surface area contributed by atoms with Crippen molar-refractivity contribution in [1.29, 1.82) is 0 Å². The fraction of sp³-hybridized carbons (Fsp3) is 0.300. The molecule has 0 saturated carbocycles. The zero-order valence-electron chi connectivity index (χ0n) is 15.5. The second kappa shape index (κ2) is 8.81. The Morgan fingerprint density at radius 2 is 1.85 bits per heavy atom. The molecule has 2 aromatic carbocycles. The van der Waals surface area contributed by atoms with Crippen LogP contribution < -0.4 is 10.2 Å². The van der Waals surface area contributed by atoms with Gasteiger partial charge in [0.1, 0.15) is 0 Å². The number of nitrogens with one attached hydrogen (secondary N) is 1. The number of benzene rings is 2. The van der Waals surface area contributed by atoms with E-state index >= 15 is 0 Å². The van der Waals surface area contributed by atoms with Crippen molar-refractivity contribution >= 4 is 17.8 Å². The van der Waals surface area contributed by atoms with Gasteiger partial charge < -0.3 is 15.2 Å². The molecule has 1 aliphatic rings. The van der Waals surface area contributed by atoms with Crippen molar-refractivity contribution < 1.29 is 18.0 Å². The molecule has 0 atom stereocenters. The maximum atomic E-state index is 13.4. The Bertz CT molecular complexity index is 813. The van der Waals surface area contributed by atoms with Gasteiger partial charge in [0.05, 0.1) is 12.1 Å². The summed E-state index contributed by atoms with van der Waals surface area (Å²) < 4.78 is 40.1. The third-order valence-electron chi connectivity index (χ3n) is 4.11. The van der Waals surface area contributed by atoms with E-state index in [4.69, 9.17) is 0 Å². The van der Waals surface area contributed by atoms with Crippen LogP contribution in [0.2, 0.25) is 0 Å². The Morgan fingerprint density at radius 3 is 2.37 bits per heavy atom. The fourth-order valence-corrected chi connectivity index (χ4v) is 2.84. The summed E-state index contributed by atoms with van der Waals surface area (Å²) in [5.74, 6) is -0.394. The summed E-state index contributed by atoms with van der Waals surface area (Å²) >= 11 is 0. The molecule has 0 radical (unpaired) electrons. The average Bonchev–Trinajstić information content (AvgIpc) is 2.98. The molecule has 0 spiro atoms. The third kappa shape index (κ3) is 4.74. The largest absolute Gasteiger partial charge is 0.416 e. The maximum Gasteiger partial charge on any atom is 0.416 e. The summed E-state index contributed by atoms with van der Waals surface area (Å²) in [6.45, 7) is 2.10. The summed E-state index contributed by atoms with van der Waals surface area (Å²) in [6, 6.07) is 11.4. The van der Waals surface area contributed by atoms with Gasteiger partial charge in [-0.15, -0.1) is 0 Å². The number of aliphatic imine (C=N–C) groups is 1. The first-order valence-electron chi connectivity index (χ1n) is 8.44. The van der Waals surface area contributed by atoms with Crippen molar-refractivity contribution in [2.75, 3.05) is 19.0 Å². The molecule has 2 aromatic rings. The number of rotatable bonds is 3. The Morgan fingerprint density at radius 1 is 1.22 bits per heavy atom. The van der Waals surface area contributed by atoms with Crippen LogP contribution in [0.4, 0.5) is 18.9 Å². The molecule has 0 aliphatic carbocycles. The second-order valence-corrected chi connectivity index (χ2v) is 5.94. The monoisotopic (exact) mass is 377 g/mol. The van der Waals surface area contributed by atoms with Crippen molar-refractivity contribution in [3.8, 4) is 0 Å². The van der Waals surface area contributed by atoms with E-state index in [0.717, 1.165) is 6.07 Å². The summed E-state index contributed by atoms with van der Waals surface area (Å²) in [5.41, 5.74) is 0.492. The molecule has 1 heterocycles. The van der Waals surface area contributed by atoms with Gasteiger partial charge in [0.15, 0.2) is 0 Å². The van der Waals surface area contributed by atoms with Gasteiger partial charge in [-0.3, -0.25) is 4.79 Å². The highest BCUT2D eigenvalue weighted by molar-refractivity contribution is 6.10. The molecule has 27 heavy (non-hydrogen) atoms. The van der Waals surface area contributed by atoms with Crippen molar-refractivity contribution in [2.45, 2.75) is 26.2 Å². The highest BCUT2D eigenvalue weighted by Crippen LogP contribution is 2.39. The maximum absolute atomic E-state index is 13.4. The highest BCUT2D eigenvalue weighted by Gasteiger charge is 2.40. The number of para-hydroxylation sites is 1. The summed E-state index contributed by atoms with van der Waals surface area (Å²) in [6.07, 6.45) is -2.74. The Balaban J connectivity index is 0.000000596. The number of carbonyl (C=O) groups excluding carboxylic acids is 1. The standard InChI is InChI=1S/C17H15F3N2O.C3H7N/c1-21-9-11-7-13-14(15(8-11)17(18,19)20)10-22(16(13)23)12-5-3-2-4-6-12;1-3-4-2/h2-8,21H,9-10H2,1H3;3H,1-2H3. The van der Waals surface area contributed by atoms with Crippen molar-refractivity contribution in [1.82, 2.24) is 5.32 Å². The van der Waals surface area contributed by atoms with Crippen molar-refractivity contribution in [2.24, 2.45) is 4.99 Å². The van der Waals surface area contributed by atoms with Gasteiger partial charge >= 0.3 is 6.18 Å². The van der Waals surface area contributed by atoms with Gasteiger partial charge in [-0.25, -0.2) is 0 Å². The third-order valence-corrected chi connectivity index (χ3v) is 4.11. The van der Waals surface area contributed by atoms with Crippen LogP contribution in [-0.2, 0) is 19.3 Å². The zero-order valence-corrected chi connectivity index (χ0v) is 15.5. The van der Waals surface area contributed by atoms with E-state index in [-0.39, 0.29) is 24.2 Å². The molecule has 0 bridgehead atoms. The first-order chi connectivity index (χ1) is 12.8. The van der Waals surface area contributed by atoms with Crippen LogP contribution in [0, 0.1) is 0 Å². The molecule has 1 amide bonds. The number of amides is 1. The van der Waals surface area contributed by atoms with Gasteiger partial charge in [-0.05, 0) is 55.6 Å². The normalized spacial score (nSPS) is 13.6. The summed E-state index contributed by atoms with van der Waals surface area (Å²) in [7, 11) is 3.40. The first-order valence-corrected chi connectivity index (χ1v) is 8.44. The van der Waals surface area contributed by atoms with E-state index in [1.807, 2.05) is 6.92 Å². The number of hydrogen-bond acceptors (Lipinski definition) is 3. The van der Waals surface area contributed by atoms with Gasteiger partial charge in [-0.2, -0.15) is 13.2 Å². The minimum absolute atomic E-state index is 0.0474. The molecule has 144 valence electrons. The van der Waals surface area contributed by atoms with Crippen LogP contribution >= 0.6 is 0 Å². The van der Waals surface area contributed by atoms with Crippen LogP contribution in [0.1, 0.15) is 34.0 Å². The minimum Gasteiger partial charge on any atom is -0.316 e. The SMILES string of the molecule is CC=NC.CNCc1cc2c(c(C(F)(F)F)c1)CN(c1ccccc1)C2=O. The number of fused-ring (bicyclic) bond motifs is 1. The molecule has 0 unspecified atom stereocenters. The lowest BCUT2D eigenvalue weighted by Crippen LogP contribution is -2.22. The van der Waals surface area contributed by atoms with Crippen molar-refractivity contribution in [3.63, 3.8) is 0 Å². The number of nitrogens with zero attached hydrogens (tertiary/aromatic N) is 2. The van der Waals surface area contributed by atoms with E-state index in [9.17, 15) is 18.0 Å². The van der Waals surface area contributed by atoms with E-state index in [2.05, 4.69) is 10.3 Å². The van der Waals surface area contributed by atoms with Crippen LogP contribution in [0.3, 0.4) is 0 Å². The lowest BCUT2D eigenvalue weighted by Gasteiger charge is -2.16. The average molecular weight is 377 g/mol. The molecule has 4 nitrogen and oxygen atoms in total. The van der Waals surface area contributed by atoms with Crippen LogP contribution in [0.15, 0.2) is 47.5 Å². The molecule has 0 aromatic heterocycles. The van der Waals surface area contributed by atoms with Crippen molar-refractivity contribution in [3.05, 3.63) is 64.7 Å². The number of alkyl halides is 3. The first kappa shape index (κ1) is 20.6. The predicted molar refractivity (Wildman–Crippen MR) is 101 cm³/mol. The molecular weight excluding hydrogens is 355 g/mol. The smallest absolute Gasteiger partial charge is 0.316 e. The highest BCUT2D eigenvalue weighted by atomic mass is 19.4. The lowest BCUT2D eigenvalue weighted by atomic mass is 9.99. The van der Waals surface area contributed by atoms with E-state index < -0.39 is 17.6 Å². The van der Waals surface area contributed by atoms with Gasteiger partial charge in [-0.1, -0.05) is 18.2 Å². The molecule has 3 rings (SSSR count). The van der Waals surface area contributed by atoms with Crippen LogP contribution in [-0.4, -0.2) is 26.2 Å². The molecule has 0 fully saturated rings. The Kier molecular flexibility index (Phi) is 6.74. The Labute approximate surface area is 156 Å². The lowest BCUT2D eigenvalue weighted by molar-refractivity contribution is -0.138. The molecule has 1 aliphatic heterocycles. The van der Waals surface area contributed by atoms with E-state index in [1.54, 1.807) is 56.7 Å². The number of hydrogen-bond donors (Lipinski definition) is 1. The van der Waals surface area contributed by atoms with E-state index in [1.165, 1.54) is 4.90 Å². The van der Waals surface area contributed by atoms with Crippen LogP contribution in [0.25, 0.3) is 0 Å². The number of halogens is 3. The zero-order chi connectivity index (χ0) is 20.0. The Hall–Kier alpha value is -2.67. The second-order valence-electron chi connectivity index (χ2n) is 5.94. The van der Waals surface area contributed by atoms with Gasteiger partial charge in [0.2, 0.25) is 0 Å². The topological polar surface area (TPSA) is 44.7 Å². The predicted octanol–water partition coefficient (Wildman–Crippen LogP) is 4.29. The van der Waals surface area contributed by atoms with Crippen LogP contribution in [0.5, 0.6) is 0 Å². The fourth-order valence-electron chi connectivity index (χ4n) is 2.84. The molecule has 1 N–H and O–H groups in total. The quantitative estimate of drug-likeness (QED) is 0.811. The summed E-state index contributed by atoms with van der Waals surface area (Å²) in [5, 5.41) is 2.82. The summed E-state index contributed by atoms with van der Waals surface area (Å²) in [4.78, 5) is 17.6. The van der Waals surface area contributed by atoms with Gasteiger partial charge in [0.25, 0.3) is 5.91 Å².